The van der Waals surface area contributed by atoms with Gasteiger partial charge in [-0.1, -0.05) is 48.6 Å². The Morgan fingerprint density at radius 1 is 0.718 bits per heavy atom. The SMILES string of the molecule is COc1ccc(/C=C\c2cc(C)c(C)c(OC)c2)cc1OCCOc1cccc(-c2nc3ccccc3s2)c1. The summed E-state index contributed by atoms with van der Waals surface area (Å²) in [5.74, 6) is 3.02. The summed E-state index contributed by atoms with van der Waals surface area (Å²) in [6.45, 7) is 4.93. The van der Waals surface area contributed by atoms with Crippen LogP contribution in [0.5, 0.6) is 23.0 Å². The molecule has 0 atom stereocenters. The Hall–Kier alpha value is -4.29. The first kappa shape index (κ1) is 26.3. The minimum atomic E-state index is 0.378. The lowest BCUT2D eigenvalue weighted by atomic mass is 10.0. The summed E-state index contributed by atoms with van der Waals surface area (Å²) in [6.07, 6.45) is 4.13. The molecule has 0 N–H and O–H groups in total. The summed E-state index contributed by atoms with van der Waals surface area (Å²) in [4.78, 5) is 4.75. The van der Waals surface area contributed by atoms with Crippen molar-refractivity contribution in [1.82, 2.24) is 4.98 Å². The van der Waals surface area contributed by atoms with Gasteiger partial charge in [0.2, 0.25) is 0 Å². The average molecular weight is 538 g/mol. The third kappa shape index (κ3) is 6.24. The number of rotatable bonds is 10. The van der Waals surface area contributed by atoms with Crippen LogP contribution in [0.4, 0.5) is 0 Å². The van der Waals surface area contributed by atoms with Crippen LogP contribution in [0.1, 0.15) is 22.3 Å². The number of thiazole rings is 1. The first-order chi connectivity index (χ1) is 19.0. The van der Waals surface area contributed by atoms with Gasteiger partial charge >= 0.3 is 0 Å². The molecule has 0 aliphatic rings. The summed E-state index contributed by atoms with van der Waals surface area (Å²) in [5, 5.41) is 0.978. The summed E-state index contributed by atoms with van der Waals surface area (Å²) < 4.78 is 24.3. The van der Waals surface area contributed by atoms with Gasteiger partial charge in [-0.15, -0.1) is 11.3 Å². The number of benzene rings is 4. The van der Waals surface area contributed by atoms with E-state index in [1.165, 1.54) is 10.3 Å². The highest BCUT2D eigenvalue weighted by Gasteiger charge is 2.09. The van der Waals surface area contributed by atoms with E-state index >= 15 is 0 Å². The van der Waals surface area contributed by atoms with Crippen molar-refractivity contribution in [3.05, 3.63) is 101 Å². The van der Waals surface area contributed by atoms with Crippen LogP contribution in [0.25, 0.3) is 32.9 Å². The van der Waals surface area contributed by atoms with Crippen LogP contribution >= 0.6 is 11.3 Å². The molecule has 4 aromatic carbocycles. The number of hydrogen-bond acceptors (Lipinski definition) is 6. The minimum Gasteiger partial charge on any atom is -0.496 e. The Bertz CT molecular complexity index is 1590. The summed E-state index contributed by atoms with van der Waals surface area (Å²) in [6, 6.07) is 26.3. The smallest absolute Gasteiger partial charge is 0.161 e. The molecule has 1 heterocycles. The van der Waals surface area contributed by atoms with Gasteiger partial charge in [0.1, 0.15) is 29.7 Å². The Morgan fingerprint density at radius 3 is 2.31 bits per heavy atom. The summed E-state index contributed by atoms with van der Waals surface area (Å²) in [7, 11) is 3.34. The fourth-order valence-corrected chi connectivity index (χ4v) is 5.25. The van der Waals surface area contributed by atoms with E-state index in [2.05, 4.69) is 44.2 Å². The Balaban J connectivity index is 1.22. The number of methoxy groups -OCH3 is 2. The number of aromatic nitrogens is 1. The predicted octanol–water partition coefficient (Wildman–Crippen LogP) is 8.23. The van der Waals surface area contributed by atoms with Crippen LogP contribution in [0.3, 0.4) is 0 Å². The van der Waals surface area contributed by atoms with E-state index in [-0.39, 0.29) is 0 Å². The van der Waals surface area contributed by atoms with Gasteiger partial charge in [-0.25, -0.2) is 4.98 Å². The highest BCUT2D eigenvalue weighted by Crippen LogP contribution is 2.32. The van der Waals surface area contributed by atoms with E-state index in [4.69, 9.17) is 23.9 Å². The lowest BCUT2D eigenvalue weighted by Gasteiger charge is -2.12. The lowest BCUT2D eigenvalue weighted by Crippen LogP contribution is -2.09. The maximum Gasteiger partial charge on any atom is 0.161 e. The van der Waals surface area contributed by atoms with Crippen LogP contribution < -0.4 is 18.9 Å². The van der Waals surface area contributed by atoms with E-state index in [1.54, 1.807) is 25.6 Å². The normalized spacial score (nSPS) is 11.2. The van der Waals surface area contributed by atoms with Crippen molar-refractivity contribution in [2.24, 2.45) is 0 Å². The molecule has 39 heavy (non-hydrogen) atoms. The van der Waals surface area contributed by atoms with Crippen molar-refractivity contribution >= 4 is 33.7 Å². The van der Waals surface area contributed by atoms with Crippen molar-refractivity contribution in [1.29, 1.82) is 0 Å². The van der Waals surface area contributed by atoms with Crippen molar-refractivity contribution < 1.29 is 18.9 Å². The number of aryl methyl sites for hydroxylation is 1. The van der Waals surface area contributed by atoms with Gasteiger partial charge in [-0.05, 0) is 78.6 Å². The molecule has 0 unspecified atom stereocenters. The molecule has 0 aliphatic carbocycles. The topological polar surface area (TPSA) is 49.8 Å². The van der Waals surface area contributed by atoms with Crippen molar-refractivity contribution in [3.8, 4) is 33.6 Å². The molecule has 0 amide bonds. The molecule has 198 valence electrons. The number of fused-ring (bicyclic) bond motifs is 1. The van der Waals surface area contributed by atoms with Crippen molar-refractivity contribution in [2.45, 2.75) is 13.8 Å². The molecular weight excluding hydrogens is 506 g/mol. The molecule has 5 nitrogen and oxygen atoms in total. The van der Waals surface area contributed by atoms with Crippen LogP contribution in [0, 0.1) is 13.8 Å². The first-order valence-corrected chi connectivity index (χ1v) is 13.6. The van der Waals surface area contributed by atoms with Gasteiger partial charge in [0.15, 0.2) is 11.5 Å². The molecule has 0 aliphatic heterocycles. The maximum absolute atomic E-state index is 6.05. The molecule has 0 saturated carbocycles. The number of para-hydroxylation sites is 1. The third-order valence-corrected chi connectivity index (χ3v) is 7.59. The molecule has 6 heteroatoms. The average Bonchev–Trinajstić information content (AvgIpc) is 3.41. The molecule has 0 radical (unpaired) electrons. The molecule has 0 spiro atoms. The van der Waals surface area contributed by atoms with Gasteiger partial charge in [0.25, 0.3) is 0 Å². The van der Waals surface area contributed by atoms with Crippen molar-refractivity contribution in [3.63, 3.8) is 0 Å². The van der Waals surface area contributed by atoms with E-state index < -0.39 is 0 Å². The monoisotopic (exact) mass is 537 g/mol. The predicted molar refractivity (Wildman–Crippen MR) is 160 cm³/mol. The quantitative estimate of drug-likeness (QED) is 0.133. The van der Waals surface area contributed by atoms with Gasteiger partial charge in [0, 0.05) is 5.56 Å². The largest absolute Gasteiger partial charge is 0.496 e. The fraction of sp³-hybridized carbons (Fsp3) is 0.182. The minimum absolute atomic E-state index is 0.378. The van der Waals surface area contributed by atoms with E-state index in [9.17, 15) is 0 Å². The summed E-state index contributed by atoms with van der Waals surface area (Å²) in [5.41, 5.74) is 6.48. The molecule has 0 saturated heterocycles. The zero-order valence-corrected chi connectivity index (χ0v) is 23.4. The maximum atomic E-state index is 6.05. The zero-order chi connectivity index (χ0) is 27.2. The number of hydrogen-bond donors (Lipinski definition) is 0. The molecule has 0 fully saturated rings. The van der Waals surface area contributed by atoms with E-state index in [0.717, 1.165) is 44.3 Å². The Labute approximate surface area is 233 Å². The second-order valence-electron chi connectivity index (χ2n) is 9.12. The van der Waals surface area contributed by atoms with E-state index in [0.29, 0.717) is 24.7 Å². The molecule has 0 bridgehead atoms. The van der Waals surface area contributed by atoms with Crippen LogP contribution in [-0.4, -0.2) is 32.4 Å². The first-order valence-electron chi connectivity index (χ1n) is 12.8. The van der Waals surface area contributed by atoms with Gasteiger partial charge in [0.05, 0.1) is 24.4 Å². The highest BCUT2D eigenvalue weighted by atomic mass is 32.1. The van der Waals surface area contributed by atoms with Crippen LogP contribution in [0.15, 0.2) is 78.9 Å². The standard InChI is InChI=1S/C33H31NO4S/c1-22-18-25(20-30(36-4)23(22)2)13-12-24-14-15-29(35-3)31(19-24)38-17-16-37-27-9-7-8-26(21-27)33-34-28-10-5-6-11-32(28)39-33/h5-15,18-21H,16-17H2,1-4H3/b13-12-. The molecule has 5 rings (SSSR count). The highest BCUT2D eigenvalue weighted by molar-refractivity contribution is 7.21. The lowest BCUT2D eigenvalue weighted by molar-refractivity contribution is 0.211. The Morgan fingerprint density at radius 2 is 1.49 bits per heavy atom. The van der Waals surface area contributed by atoms with Gasteiger partial charge in [-0.3, -0.25) is 0 Å². The van der Waals surface area contributed by atoms with Crippen LogP contribution in [0.2, 0.25) is 0 Å². The third-order valence-electron chi connectivity index (χ3n) is 6.50. The number of ether oxygens (including phenoxy) is 4. The second-order valence-corrected chi connectivity index (χ2v) is 10.2. The molecular formula is C33H31NO4S. The molecule has 5 aromatic rings. The van der Waals surface area contributed by atoms with Crippen molar-refractivity contribution in [2.75, 3.05) is 27.4 Å². The number of nitrogens with zero attached hydrogens (tertiary/aromatic N) is 1. The summed E-state index contributed by atoms with van der Waals surface area (Å²) >= 11 is 1.68. The van der Waals surface area contributed by atoms with Gasteiger partial charge < -0.3 is 18.9 Å². The fourth-order valence-electron chi connectivity index (χ4n) is 4.29. The van der Waals surface area contributed by atoms with Crippen LogP contribution in [-0.2, 0) is 0 Å². The van der Waals surface area contributed by atoms with Gasteiger partial charge in [-0.2, -0.15) is 0 Å². The second kappa shape index (κ2) is 12.0. The molecule has 1 aromatic heterocycles. The Kier molecular flexibility index (Phi) is 8.13. The zero-order valence-electron chi connectivity index (χ0n) is 22.6. The van der Waals surface area contributed by atoms with E-state index in [1.807, 2.05) is 60.7 Å².